The summed E-state index contributed by atoms with van der Waals surface area (Å²) in [7, 11) is 0. The summed E-state index contributed by atoms with van der Waals surface area (Å²) < 4.78 is 6.44. The Morgan fingerprint density at radius 1 is 1.21 bits per heavy atom. The van der Waals surface area contributed by atoms with Gasteiger partial charge in [0, 0.05) is 11.0 Å². The first-order valence-electron chi connectivity index (χ1n) is 6.34. The molecule has 0 bridgehead atoms. The Kier molecular flexibility index (Phi) is 5.16. The van der Waals surface area contributed by atoms with Crippen LogP contribution in [0.5, 0.6) is 0 Å². The lowest BCUT2D eigenvalue weighted by Crippen LogP contribution is -2.49. The van der Waals surface area contributed by atoms with E-state index in [1.165, 1.54) is 0 Å². The first-order chi connectivity index (χ1) is 8.62. The van der Waals surface area contributed by atoms with Crippen LogP contribution in [0.3, 0.4) is 0 Å². The average molecular weight is 328 g/mol. The molecule has 0 amide bonds. The molecule has 0 atom stereocenters. The maximum Gasteiger partial charge on any atom is 0.326 e. The molecule has 19 heavy (non-hydrogen) atoms. The number of ether oxygens (including phenoxy) is 1. The molecule has 0 aliphatic carbocycles. The number of hydrogen-bond acceptors (Lipinski definition) is 3. The third-order valence-electron chi connectivity index (χ3n) is 2.59. The third kappa shape index (κ3) is 5.33. The van der Waals surface area contributed by atoms with Gasteiger partial charge in [0.2, 0.25) is 0 Å². The molecule has 1 aromatic carbocycles. The second kappa shape index (κ2) is 6.06. The zero-order valence-electron chi connectivity index (χ0n) is 12.2. The fraction of sp³-hybridized carbons (Fsp3) is 0.533. The number of carbonyl (C=O) groups excluding carboxylic acids is 1. The van der Waals surface area contributed by atoms with Crippen molar-refractivity contribution in [3.05, 3.63) is 34.3 Å². The van der Waals surface area contributed by atoms with Gasteiger partial charge in [-0.3, -0.25) is 10.1 Å². The van der Waals surface area contributed by atoms with E-state index >= 15 is 0 Å². The number of nitrogens with one attached hydrogen (secondary N) is 1. The minimum atomic E-state index is -0.720. The lowest BCUT2D eigenvalue weighted by Gasteiger charge is -2.29. The largest absolute Gasteiger partial charge is 0.459 e. The summed E-state index contributed by atoms with van der Waals surface area (Å²) in [6, 6.07) is 7.94. The van der Waals surface area contributed by atoms with E-state index in [1.807, 2.05) is 58.9 Å². The Morgan fingerprint density at radius 3 is 2.32 bits per heavy atom. The smallest absolute Gasteiger partial charge is 0.326 e. The molecule has 0 heterocycles. The minimum Gasteiger partial charge on any atom is -0.459 e. The van der Waals surface area contributed by atoms with Crippen molar-refractivity contribution >= 4 is 21.9 Å². The van der Waals surface area contributed by atoms with E-state index in [9.17, 15) is 4.79 Å². The molecule has 0 radical (unpaired) electrons. The molecule has 0 aliphatic rings. The quantitative estimate of drug-likeness (QED) is 0.857. The maximum atomic E-state index is 12.1. The van der Waals surface area contributed by atoms with Gasteiger partial charge in [0.25, 0.3) is 0 Å². The Bertz CT molecular complexity index is 450. The summed E-state index contributed by atoms with van der Waals surface area (Å²) in [5.74, 6) is -0.243. The van der Waals surface area contributed by atoms with Crippen LogP contribution in [0, 0.1) is 0 Å². The van der Waals surface area contributed by atoms with E-state index in [2.05, 4.69) is 21.2 Å². The number of halogens is 1. The number of hydrogen-bond donors (Lipinski definition) is 1. The number of benzene rings is 1. The molecular formula is C15H22BrNO2. The molecule has 0 aromatic heterocycles. The van der Waals surface area contributed by atoms with Crippen molar-refractivity contribution in [2.45, 2.75) is 52.3 Å². The van der Waals surface area contributed by atoms with Crippen molar-refractivity contribution in [3.8, 4) is 0 Å². The maximum absolute atomic E-state index is 12.1. The highest BCUT2D eigenvalue weighted by atomic mass is 79.9. The van der Waals surface area contributed by atoms with Gasteiger partial charge in [0.15, 0.2) is 0 Å². The van der Waals surface area contributed by atoms with Gasteiger partial charge in [-0.15, -0.1) is 0 Å². The second-order valence-electron chi connectivity index (χ2n) is 6.07. The molecule has 0 saturated carbocycles. The molecule has 0 aliphatic heterocycles. The molecule has 0 unspecified atom stereocenters. The number of rotatable bonds is 4. The van der Waals surface area contributed by atoms with Crippen LogP contribution in [-0.2, 0) is 16.1 Å². The lowest BCUT2D eigenvalue weighted by molar-refractivity contribution is -0.161. The van der Waals surface area contributed by atoms with Crippen LogP contribution in [0.15, 0.2) is 28.7 Å². The van der Waals surface area contributed by atoms with E-state index < -0.39 is 11.1 Å². The van der Waals surface area contributed by atoms with Crippen LogP contribution in [0.4, 0.5) is 0 Å². The first kappa shape index (κ1) is 16.2. The van der Waals surface area contributed by atoms with E-state index in [4.69, 9.17) is 4.74 Å². The van der Waals surface area contributed by atoms with E-state index in [1.54, 1.807) is 0 Å². The summed E-state index contributed by atoms with van der Waals surface area (Å²) in [5, 5.41) is 3.23. The molecule has 1 rings (SSSR count). The van der Waals surface area contributed by atoms with Gasteiger partial charge in [-0.2, -0.15) is 0 Å². The molecule has 3 nitrogen and oxygen atoms in total. The van der Waals surface area contributed by atoms with Gasteiger partial charge in [0.1, 0.15) is 11.1 Å². The molecule has 0 saturated heterocycles. The number of carbonyl (C=O) groups is 1. The Balaban J connectivity index is 2.65. The van der Waals surface area contributed by atoms with Gasteiger partial charge in [-0.05, 0) is 46.2 Å². The van der Waals surface area contributed by atoms with Gasteiger partial charge in [-0.25, -0.2) is 0 Å². The summed E-state index contributed by atoms with van der Waals surface area (Å²) in [5.41, 5.74) is -0.0783. The molecule has 4 heteroatoms. The van der Waals surface area contributed by atoms with Crippen molar-refractivity contribution in [1.29, 1.82) is 0 Å². The van der Waals surface area contributed by atoms with E-state index in [0.29, 0.717) is 6.54 Å². The SMILES string of the molecule is CC(C)(C)OC(=O)C(C)(C)NCc1ccccc1Br. The monoisotopic (exact) mass is 327 g/mol. The topological polar surface area (TPSA) is 38.3 Å². The molecular weight excluding hydrogens is 306 g/mol. The summed E-state index contributed by atoms with van der Waals surface area (Å²) in [4.78, 5) is 12.1. The van der Waals surface area contributed by atoms with Gasteiger partial charge < -0.3 is 4.74 Å². The van der Waals surface area contributed by atoms with Crippen molar-refractivity contribution < 1.29 is 9.53 Å². The van der Waals surface area contributed by atoms with Crippen LogP contribution in [0.2, 0.25) is 0 Å². The van der Waals surface area contributed by atoms with Crippen LogP contribution in [0.25, 0.3) is 0 Å². The van der Waals surface area contributed by atoms with Gasteiger partial charge >= 0.3 is 5.97 Å². The molecule has 1 N–H and O–H groups in total. The van der Waals surface area contributed by atoms with Crippen molar-refractivity contribution in [2.75, 3.05) is 0 Å². The van der Waals surface area contributed by atoms with Gasteiger partial charge in [0.05, 0.1) is 0 Å². The van der Waals surface area contributed by atoms with Crippen LogP contribution in [0.1, 0.15) is 40.2 Å². The highest BCUT2D eigenvalue weighted by Gasteiger charge is 2.32. The van der Waals surface area contributed by atoms with Crippen molar-refractivity contribution in [3.63, 3.8) is 0 Å². The fourth-order valence-electron chi connectivity index (χ4n) is 1.44. The standard InChI is InChI=1S/C15H22BrNO2/c1-14(2,3)19-13(18)15(4,5)17-10-11-8-6-7-9-12(11)16/h6-9,17H,10H2,1-5H3. The predicted molar refractivity (Wildman–Crippen MR) is 80.9 cm³/mol. The summed E-state index contributed by atoms with van der Waals surface area (Å²) in [6.07, 6.45) is 0. The highest BCUT2D eigenvalue weighted by Crippen LogP contribution is 2.18. The summed E-state index contributed by atoms with van der Waals surface area (Å²) >= 11 is 3.49. The lowest BCUT2D eigenvalue weighted by atomic mass is 10.0. The number of esters is 1. The van der Waals surface area contributed by atoms with Gasteiger partial charge in [-0.1, -0.05) is 34.1 Å². The van der Waals surface area contributed by atoms with Crippen molar-refractivity contribution in [1.82, 2.24) is 5.32 Å². The summed E-state index contributed by atoms with van der Waals surface area (Å²) in [6.45, 7) is 9.88. The molecule has 106 valence electrons. The van der Waals surface area contributed by atoms with Crippen LogP contribution in [-0.4, -0.2) is 17.1 Å². The second-order valence-corrected chi connectivity index (χ2v) is 6.93. The highest BCUT2D eigenvalue weighted by molar-refractivity contribution is 9.10. The molecule has 0 fully saturated rings. The predicted octanol–water partition coefficient (Wildman–Crippen LogP) is 3.66. The van der Waals surface area contributed by atoms with Crippen LogP contribution >= 0.6 is 15.9 Å². The zero-order valence-corrected chi connectivity index (χ0v) is 13.8. The Morgan fingerprint density at radius 2 is 1.79 bits per heavy atom. The van der Waals surface area contributed by atoms with E-state index in [-0.39, 0.29) is 5.97 Å². The molecule has 1 aromatic rings. The minimum absolute atomic E-state index is 0.243. The first-order valence-corrected chi connectivity index (χ1v) is 7.13. The van der Waals surface area contributed by atoms with E-state index in [0.717, 1.165) is 10.0 Å². The normalized spacial score (nSPS) is 12.3. The zero-order chi connectivity index (χ0) is 14.7. The third-order valence-corrected chi connectivity index (χ3v) is 3.36. The molecule has 0 spiro atoms. The Labute approximate surface area is 123 Å². The average Bonchev–Trinajstić information content (AvgIpc) is 2.25. The van der Waals surface area contributed by atoms with Crippen molar-refractivity contribution in [2.24, 2.45) is 0 Å². The Hall–Kier alpha value is -0.870. The van der Waals surface area contributed by atoms with Crippen LogP contribution < -0.4 is 5.32 Å². The fourth-order valence-corrected chi connectivity index (χ4v) is 1.86.